The summed E-state index contributed by atoms with van der Waals surface area (Å²) < 4.78 is 13.6. The van der Waals surface area contributed by atoms with E-state index in [1.165, 1.54) is 10.8 Å². The average molecular weight is 258 g/mol. The van der Waals surface area contributed by atoms with Gasteiger partial charge in [-0.15, -0.1) is 0 Å². The van der Waals surface area contributed by atoms with Crippen LogP contribution in [0.5, 0.6) is 0 Å². The van der Waals surface area contributed by atoms with E-state index in [1.807, 2.05) is 18.2 Å². The first-order valence-corrected chi connectivity index (χ1v) is 6.88. The van der Waals surface area contributed by atoms with Crippen molar-refractivity contribution in [3.8, 4) is 0 Å². The topological polar surface area (TPSA) is 15.3 Å². The van der Waals surface area contributed by atoms with Gasteiger partial charge in [0.25, 0.3) is 0 Å². The van der Waals surface area contributed by atoms with Crippen molar-refractivity contribution in [2.75, 3.05) is 32.9 Å². The molecule has 19 heavy (non-hydrogen) atoms. The molecule has 3 heteroatoms. The van der Waals surface area contributed by atoms with Crippen LogP contribution in [0.2, 0.25) is 0 Å². The molecule has 2 aromatic carbocycles. The van der Waals surface area contributed by atoms with Crippen molar-refractivity contribution in [1.82, 2.24) is 10.2 Å². The maximum Gasteiger partial charge on any atom is 0.109 e. The maximum absolute atomic E-state index is 13.6. The molecule has 2 aromatic rings. The van der Waals surface area contributed by atoms with Gasteiger partial charge in [0.1, 0.15) is 6.67 Å². The molecule has 0 unspecified atom stereocenters. The van der Waals surface area contributed by atoms with E-state index < -0.39 is 0 Å². The van der Waals surface area contributed by atoms with Gasteiger partial charge in [0.15, 0.2) is 0 Å². The van der Waals surface area contributed by atoms with E-state index in [1.54, 1.807) is 0 Å². The number of fused-ring (bicyclic) bond motifs is 1. The molecule has 1 atom stereocenters. The number of piperazine rings is 1. The van der Waals surface area contributed by atoms with Crippen molar-refractivity contribution in [3.05, 3.63) is 48.0 Å². The Bertz CT molecular complexity index is 544. The van der Waals surface area contributed by atoms with Crippen molar-refractivity contribution in [1.29, 1.82) is 0 Å². The van der Waals surface area contributed by atoms with Crippen molar-refractivity contribution in [3.63, 3.8) is 0 Å². The largest absolute Gasteiger partial charge is 0.314 e. The van der Waals surface area contributed by atoms with Gasteiger partial charge in [-0.2, -0.15) is 0 Å². The molecule has 1 aliphatic rings. The van der Waals surface area contributed by atoms with Gasteiger partial charge in [0.2, 0.25) is 0 Å². The third-order valence-electron chi connectivity index (χ3n) is 3.92. The molecule has 0 amide bonds. The second-order valence-electron chi connectivity index (χ2n) is 5.02. The standard InChI is InChI=1S/C16H19FN2/c17-12-16(19-10-8-18-9-11-19)15-7-3-5-13-4-1-2-6-14(13)15/h1-7,16,18H,8-12H2/t16-/m1/s1. The van der Waals surface area contributed by atoms with E-state index in [0.29, 0.717) is 0 Å². The zero-order valence-electron chi connectivity index (χ0n) is 11.0. The number of hydrogen-bond acceptors (Lipinski definition) is 2. The van der Waals surface area contributed by atoms with Crippen LogP contribution in [0, 0.1) is 0 Å². The summed E-state index contributed by atoms with van der Waals surface area (Å²) in [5.74, 6) is 0. The molecule has 1 N–H and O–H groups in total. The zero-order chi connectivity index (χ0) is 13.1. The molecule has 1 saturated heterocycles. The Balaban J connectivity index is 2.00. The molecule has 3 rings (SSSR count). The molecule has 100 valence electrons. The summed E-state index contributed by atoms with van der Waals surface area (Å²) >= 11 is 0. The van der Waals surface area contributed by atoms with Crippen LogP contribution in [-0.2, 0) is 0 Å². The average Bonchev–Trinajstić information content (AvgIpc) is 2.49. The number of rotatable bonds is 3. The fourth-order valence-electron chi connectivity index (χ4n) is 2.91. The molecule has 0 saturated carbocycles. The normalized spacial score (nSPS) is 18.6. The van der Waals surface area contributed by atoms with Gasteiger partial charge >= 0.3 is 0 Å². The number of nitrogens with zero attached hydrogens (tertiary/aromatic N) is 1. The van der Waals surface area contributed by atoms with Crippen LogP contribution in [0.4, 0.5) is 4.39 Å². The molecule has 2 nitrogen and oxygen atoms in total. The van der Waals surface area contributed by atoms with Crippen LogP contribution in [0.15, 0.2) is 42.5 Å². The highest BCUT2D eigenvalue weighted by Gasteiger charge is 2.23. The molecule has 0 radical (unpaired) electrons. The van der Waals surface area contributed by atoms with Crippen LogP contribution in [0.25, 0.3) is 10.8 Å². The first kappa shape index (κ1) is 12.6. The molecule has 0 spiro atoms. The zero-order valence-corrected chi connectivity index (χ0v) is 11.0. The van der Waals surface area contributed by atoms with Crippen LogP contribution in [-0.4, -0.2) is 37.8 Å². The molecular formula is C16H19FN2. The Morgan fingerprint density at radius 3 is 2.58 bits per heavy atom. The lowest BCUT2D eigenvalue weighted by molar-refractivity contribution is 0.148. The van der Waals surface area contributed by atoms with E-state index >= 15 is 0 Å². The number of halogens is 1. The molecule has 1 aliphatic heterocycles. The third-order valence-corrected chi connectivity index (χ3v) is 3.92. The SMILES string of the molecule is FC[C@H](c1cccc2ccccc12)N1CCNCC1. The van der Waals surface area contributed by atoms with Crippen LogP contribution in [0.1, 0.15) is 11.6 Å². The summed E-state index contributed by atoms with van der Waals surface area (Å²) in [4.78, 5) is 2.25. The maximum atomic E-state index is 13.6. The molecule has 0 aromatic heterocycles. The smallest absolute Gasteiger partial charge is 0.109 e. The summed E-state index contributed by atoms with van der Waals surface area (Å²) in [6.45, 7) is 3.39. The van der Waals surface area contributed by atoms with Crippen LogP contribution >= 0.6 is 0 Å². The highest BCUT2D eigenvalue weighted by Crippen LogP contribution is 2.28. The van der Waals surface area contributed by atoms with Gasteiger partial charge in [-0.1, -0.05) is 42.5 Å². The lowest BCUT2D eigenvalue weighted by Gasteiger charge is -2.34. The Hall–Kier alpha value is -1.45. The van der Waals surface area contributed by atoms with Gasteiger partial charge in [0, 0.05) is 26.2 Å². The van der Waals surface area contributed by atoms with E-state index in [9.17, 15) is 4.39 Å². The molecule has 1 heterocycles. The lowest BCUT2D eigenvalue weighted by atomic mass is 9.98. The highest BCUT2D eigenvalue weighted by molar-refractivity contribution is 5.86. The third kappa shape index (κ3) is 2.48. The van der Waals surface area contributed by atoms with Crippen LogP contribution < -0.4 is 5.32 Å². The first-order chi connectivity index (χ1) is 9.40. The van der Waals surface area contributed by atoms with E-state index in [4.69, 9.17) is 0 Å². The van der Waals surface area contributed by atoms with Crippen LogP contribution in [0.3, 0.4) is 0 Å². The predicted molar refractivity (Wildman–Crippen MR) is 77.1 cm³/mol. The first-order valence-electron chi connectivity index (χ1n) is 6.88. The fraction of sp³-hybridized carbons (Fsp3) is 0.375. The summed E-state index contributed by atoms with van der Waals surface area (Å²) in [6.07, 6.45) is 0. The van der Waals surface area contributed by atoms with Gasteiger partial charge in [-0.05, 0) is 16.3 Å². The molecule has 0 aliphatic carbocycles. The second-order valence-corrected chi connectivity index (χ2v) is 5.02. The monoisotopic (exact) mass is 258 g/mol. The Kier molecular flexibility index (Phi) is 3.76. The minimum atomic E-state index is -0.325. The summed E-state index contributed by atoms with van der Waals surface area (Å²) in [5.41, 5.74) is 1.11. The van der Waals surface area contributed by atoms with Crippen molar-refractivity contribution >= 4 is 10.8 Å². The van der Waals surface area contributed by atoms with Gasteiger partial charge in [-0.25, -0.2) is 4.39 Å². The predicted octanol–water partition coefficient (Wildman–Crippen LogP) is 2.76. The number of benzene rings is 2. The number of hydrogen-bond donors (Lipinski definition) is 1. The number of alkyl halides is 1. The lowest BCUT2D eigenvalue weighted by Crippen LogP contribution is -2.45. The van der Waals surface area contributed by atoms with Gasteiger partial charge in [-0.3, -0.25) is 4.90 Å². The summed E-state index contributed by atoms with van der Waals surface area (Å²) in [6, 6.07) is 14.3. The van der Waals surface area contributed by atoms with E-state index in [-0.39, 0.29) is 12.7 Å². The molecular weight excluding hydrogens is 239 g/mol. The van der Waals surface area contributed by atoms with E-state index in [2.05, 4.69) is 34.5 Å². The van der Waals surface area contributed by atoms with Crippen molar-refractivity contribution in [2.24, 2.45) is 0 Å². The summed E-state index contributed by atoms with van der Waals surface area (Å²) in [5, 5.41) is 5.68. The fourth-order valence-corrected chi connectivity index (χ4v) is 2.91. The minimum Gasteiger partial charge on any atom is -0.314 e. The quantitative estimate of drug-likeness (QED) is 0.910. The Labute approximate surface area is 113 Å². The Morgan fingerprint density at radius 1 is 1.05 bits per heavy atom. The minimum absolute atomic E-state index is 0.117. The van der Waals surface area contributed by atoms with E-state index in [0.717, 1.165) is 31.7 Å². The number of nitrogens with one attached hydrogen (secondary N) is 1. The van der Waals surface area contributed by atoms with Crippen molar-refractivity contribution < 1.29 is 4.39 Å². The van der Waals surface area contributed by atoms with Crippen molar-refractivity contribution in [2.45, 2.75) is 6.04 Å². The van der Waals surface area contributed by atoms with Gasteiger partial charge in [0.05, 0.1) is 6.04 Å². The molecule has 1 fully saturated rings. The highest BCUT2D eigenvalue weighted by atomic mass is 19.1. The summed E-state index contributed by atoms with van der Waals surface area (Å²) in [7, 11) is 0. The second kappa shape index (κ2) is 5.68. The Morgan fingerprint density at radius 2 is 1.79 bits per heavy atom. The van der Waals surface area contributed by atoms with Gasteiger partial charge < -0.3 is 5.32 Å². The molecule has 0 bridgehead atoms.